The Labute approximate surface area is 222 Å². The van der Waals surface area contributed by atoms with E-state index in [1.807, 2.05) is 4.90 Å². The number of benzene rings is 1. The maximum atomic E-state index is 14.9. The summed E-state index contributed by atoms with van der Waals surface area (Å²) in [6.07, 6.45) is 2.91. The molecule has 1 saturated carbocycles. The average Bonchev–Trinajstić information content (AvgIpc) is 3.76. The van der Waals surface area contributed by atoms with Crippen molar-refractivity contribution in [3.8, 4) is 5.75 Å². The van der Waals surface area contributed by atoms with Crippen LogP contribution >= 0.6 is 11.6 Å². The van der Waals surface area contributed by atoms with Crippen molar-refractivity contribution in [2.45, 2.75) is 30.8 Å². The Morgan fingerprint density at radius 2 is 2.16 bits per heavy atom. The maximum Gasteiger partial charge on any atom is 0.301 e. The number of hydrogen-bond acceptors (Lipinski definition) is 9. The lowest BCUT2D eigenvalue weighted by molar-refractivity contribution is -0.0579. The molecule has 0 amide bonds. The van der Waals surface area contributed by atoms with Crippen LogP contribution in [0.2, 0.25) is 5.02 Å². The third-order valence-electron chi connectivity index (χ3n) is 7.42. The number of ether oxygens (including phenoxy) is 1. The third-order valence-corrected chi connectivity index (χ3v) is 7.70. The fourth-order valence-electron chi connectivity index (χ4n) is 5.19. The molecular weight excluding hydrogens is 520 g/mol. The van der Waals surface area contributed by atoms with Gasteiger partial charge in [0.2, 0.25) is 11.7 Å². The van der Waals surface area contributed by atoms with Crippen molar-refractivity contribution in [3.05, 3.63) is 39.8 Å². The number of alkyl halides is 2. The molecule has 10 nitrogen and oxygen atoms in total. The Bertz CT molecular complexity index is 1450. The molecule has 3 aliphatic rings. The fourth-order valence-corrected chi connectivity index (χ4v) is 5.33. The van der Waals surface area contributed by atoms with Gasteiger partial charge in [-0.05, 0) is 37.0 Å². The molecule has 1 aliphatic carbocycles. The number of nitrogens with one attached hydrogen (secondary N) is 3. The lowest BCUT2D eigenvalue weighted by Crippen LogP contribution is -2.53. The molecule has 4 N–H and O–H groups in total. The Kier molecular flexibility index (Phi) is 6.28. The van der Waals surface area contributed by atoms with Crippen molar-refractivity contribution >= 4 is 45.6 Å². The highest BCUT2D eigenvalue weighted by Gasteiger charge is 2.51. The van der Waals surface area contributed by atoms with E-state index in [2.05, 4.69) is 25.9 Å². The fraction of sp³-hybridized carbons (Fsp3) is 0.480. The maximum absolute atomic E-state index is 14.9. The highest BCUT2D eigenvalue weighted by atomic mass is 35.5. The van der Waals surface area contributed by atoms with Gasteiger partial charge in [0.15, 0.2) is 12.4 Å². The molecule has 3 aromatic rings. The van der Waals surface area contributed by atoms with Gasteiger partial charge in [-0.25, -0.2) is 13.8 Å². The van der Waals surface area contributed by atoms with Gasteiger partial charge in [-0.2, -0.15) is 4.98 Å². The van der Waals surface area contributed by atoms with Crippen molar-refractivity contribution in [3.63, 3.8) is 0 Å². The topological polar surface area (TPSA) is 117 Å². The van der Waals surface area contributed by atoms with E-state index in [9.17, 15) is 18.7 Å². The molecule has 38 heavy (non-hydrogen) atoms. The monoisotopic (exact) mass is 547 g/mol. The molecular formula is C25H28ClF2N7O3. The molecule has 13 heteroatoms. The normalized spacial score (nSPS) is 22.8. The SMILES string of the molecule is Cn1c(=O)c2c(c3cc(Nc4nc(N5CCNCC5CO)ncc4Cl)ccc31)NC(C1CC1)C(F)(F)CO2. The molecule has 0 radical (unpaired) electrons. The Morgan fingerprint density at radius 1 is 1.34 bits per heavy atom. The molecule has 202 valence electrons. The third kappa shape index (κ3) is 4.40. The number of pyridine rings is 1. The van der Waals surface area contributed by atoms with Crippen LogP contribution in [0.5, 0.6) is 5.75 Å². The van der Waals surface area contributed by atoms with Gasteiger partial charge in [-0.3, -0.25) is 4.79 Å². The van der Waals surface area contributed by atoms with Gasteiger partial charge in [0.1, 0.15) is 5.02 Å². The van der Waals surface area contributed by atoms with Crippen molar-refractivity contribution in [1.29, 1.82) is 0 Å². The van der Waals surface area contributed by atoms with Crippen LogP contribution in [0.1, 0.15) is 12.8 Å². The largest absolute Gasteiger partial charge is 0.480 e. The second-order valence-corrected chi connectivity index (χ2v) is 10.4. The summed E-state index contributed by atoms with van der Waals surface area (Å²) in [7, 11) is 1.58. The summed E-state index contributed by atoms with van der Waals surface area (Å²) in [5, 5.41) is 20.0. The summed E-state index contributed by atoms with van der Waals surface area (Å²) >= 11 is 6.42. The van der Waals surface area contributed by atoms with E-state index in [-0.39, 0.29) is 30.0 Å². The number of nitrogens with zero attached hydrogens (tertiary/aromatic N) is 4. The number of aliphatic hydroxyl groups is 1. The molecule has 1 saturated heterocycles. The van der Waals surface area contributed by atoms with Crippen LogP contribution in [0.25, 0.3) is 10.9 Å². The summed E-state index contributed by atoms with van der Waals surface area (Å²) in [5.41, 5.74) is 0.939. The van der Waals surface area contributed by atoms with E-state index < -0.39 is 24.1 Å². The number of piperazine rings is 1. The predicted octanol–water partition coefficient (Wildman–Crippen LogP) is 2.71. The zero-order valence-electron chi connectivity index (χ0n) is 20.7. The van der Waals surface area contributed by atoms with Crippen molar-refractivity contribution in [1.82, 2.24) is 19.9 Å². The minimum atomic E-state index is -3.12. The average molecular weight is 548 g/mol. The van der Waals surface area contributed by atoms with Crippen LogP contribution in [0.4, 0.5) is 31.9 Å². The van der Waals surface area contributed by atoms with E-state index in [1.165, 1.54) is 10.8 Å². The Morgan fingerprint density at radius 3 is 2.92 bits per heavy atom. The minimum Gasteiger partial charge on any atom is -0.480 e. The highest BCUT2D eigenvalue weighted by molar-refractivity contribution is 6.33. The second-order valence-electron chi connectivity index (χ2n) is 10.0. The number of anilines is 4. The van der Waals surface area contributed by atoms with Gasteiger partial charge < -0.3 is 35.3 Å². The number of aromatic nitrogens is 3. The smallest absolute Gasteiger partial charge is 0.301 e. The van der Waals surface area contributed by atoms with Gasteiger partial charge in [0.25, 0.3) is 5.56 Å². The summed E-state index contributed by atoms with van der Waals surface area (Å²) < 4.78 is 36.6. The first-order valence-electron chi connectivity index (χ1n) is 12.6. The predicted molar refractivity (Wildman–Crippen MR) is 141 cm³/mol. The molecule has 0 spiro atoms. The molecule has 6 rings (SSSR count). The molecule has 2 atom stereocenters. The van der Waals surface area contributed by atoms with Gasteiger partial charge in [0.05, 0.1) is 36.1 Å². The molecule has 2 aromatic heterocycles. The number of aryl methyl sites for hydroxylation is 1. The lowest BCUT2D eigenvalue weighted by Gasteiger charge is -2.35. The second kappa shape index (κ2) is 9.51. The van der Waals surface area contributed by atoms with E-state index in [0.29, 0.717) is 59.3 Å². The molecule has 2 unspecified atom stereocenters. The minimum absolute atomic E-state index is 0.0494. The molecule has 2 aliphatic heterocycles. The number of aliphatic hydroxyl groups excluding tert-OH is 1. The van der Waals surface area contributed by atoms with Crippen LogP contribution in [-0.4, -0.2) is 70.5 Å². The van der Waals surface area contributed by atoms with Gasteiger partial charge in [-0.15, -0.1) is 0 Å². The van der Waals surface area contributed by atoms with E-state index in [1.54, 1.807) is 25.2 Å². The zero-order valence-corrected chi connectivity index (χ0v) is 21.4. The lowest BCUT2D eigenvalue weighted by atomic mass is 10.0. The van der Waals surface area contributed by atoms with Crippen molar-refractivity contribution in [2.75, 3.05) is 48.4 Å². The summed E-state index contributed by atoms with van der Waals surface area (Å²) in [6.45, 7) is 1.06. The van der Waals surface area contributed by atoms with Crippen LogP contribution in [-0.2, 0) is 7.05 Å². The first-order chi connectivity index (χ1) is 18.3. The Balaban J connectivity index is 1.39. The molecule has 4 heterocycles. The van der Waals surface area contributed by atoms with Crippen molar-refractivity contribution in [2.24, 2.45) is 13.0 Å². The van der Waals surface area contributed by atoms with E-state index in [0.717, 1.165) is 6.54 Å². The number of halogens is 3. The van der Waals surface area contributed by atoms with Gasteiger partial charge >= 0.3 is 5.92 Å². The van der Waals surface area contributed by atoms with E-state index >= 15 is 0 Å². The van der Waals surface area contributed by atoms with E-state index in [4.69, 9.17) is 16.3 Å². The van der Waals surface area contributed by atoms with Gasteiger partial charge in [0, 0.05) is 37.8 Å². The zero-order chi connectivity index (χ0) is 26.6. The number of hydrogen-bond donors (Lipinski definition) is 4. The standard InChI is InChI=1S/C25H28ClF2N7O3/c1-34-18-5-4-14(31-22-17(26)10-30-24(33-22)35-7-6-29-9-15(35)11-36)8-16(18)19-20(23(34)37)38-12-25(27,28)21(32-19)13-2-3-13/h4-5,8,10,13,15,21,29,32,36H,2-3,6-7,9,11-12H2,1H3,(H,30,31,33). The molecule has 2 fully saturated rings. The molecule has 0 bridgehead atoms. The van der Waals surface area contributed by atoms with Crippen LogP contribution in [0, 0.1) is 5.92 Å². The van der Waals surface area contributed by atoms with Crippen LogP contribution < -0.4 is 31.1 Å². The van der Waals surface area contributed by atoms with Crippen LogP contribution in [0.15, 0.2) is 29.2 Å². The first kappa shape index (κ1) is 25.1. The van der Waals surface area contributed by atoms with Crippen LogP contribution in [0.3, 0.4) is 0 Å². The highest BCUT2D eigenvalue weighted by Crippen LogP contribution is 2.45. The summed E-state index contributed by atoms with van der Waals surface area (Å²) in [6, 6.07) is 3.98. The Hall–Kier alpha value is -3.22. The number of rotatable bonds is 5. The van der Waals surface area contributed by atoms with Gasteiger partial charge in [-0.1, -0.05) is 11.6 Å². The number of fused-ring (bicyclic) bond motifs is 3. The first-order valence-corrected chi connectivity index (χ1v) is 13.0. The van der Waals surface area contributed by atoms with Crippen molar-refractivity contribution < 1.29 is 18.6 Å². The summed E-state index contributed by atoms with van der Waals surface area (Å²) in [4.78, 5) is 23.9. The summed E-state index contributed by atoms with van der Waals surface area (Å²) in [5.74, 6) is -2.62. The quantitative estimate of drug-likeness (QED) is 0.382. The molecule has 1 aromatic carbocycles.